The second kappa shape index (κ2) is 14.7. The van der Waals surface area contributed by atoms with E-state index in [2.05, 4.69) is 18.8 Å². The molecule has 36 heavy (non-hydrogen) atoms. The van der Waals surface area contributed by atoms with E-state index in [1.807, 2.05) is 0 Å². The SMILES string of the molecule is CC#CCOc1ccc(S(=O)(=O)CC2(C(=O)NO)CCN(C(=O)OCCCCCCCC)CC2)cc1. The molecule has 0 aliphatic carbocycles. The van der Waals surface area contributed by atoms with Gasteiger partial charge in [0.25, 0.3) is 5.91 Å². The van der Waals surface area contributed by atoms with Gasteiger partial charge in [-0.2, -0.15) is 0 Å². The summed E-state index contributed by atoms with van der Waals surface area (Å²) in [5, 5.41) is 9.33. The largest absolute Gasteiger partial charge is 0.481 e. The first-order valence-electron chi connectivity index (χ1n) is 12.5. The zero-order chi connectivity index (χ0) is 26.4. The zero-order valence-electron chi connectivity index (χ0n) is 21.3. The van der Waals surface area contributed by atoms with Crippen molar-refractivity contribution in [1.29, 1.82) is 0 Å². The third-order valence-electron chi connectivity index (χ3n) is 6.42. The third kappa shape index (κ3) is 8.71. The quantitative estimate of drug-likeness (QED) is 0.174. The number of ether oxygens (including phenoxy) is 2. The van der Waals surface area contributed by atoms with Crippen molar-refractivity contribution in [2.45, 2.75) is 70.1 Å². The highest BCUT2D eigenvalue weighted by molar-refractivity contribution is 7.91. The Hall–Kier alpha value is -2.77. The van der Waals surface area contributed by atoms with Crippen LogP contribution in [0.4, 0.5) is 4.79 Å². The lowest BCUT2D eigenvalue weighted by molar-refractivity contribution is -0.141. The van der Waals surface area contributed by atoms with Crippen LogP contribution in [0.15, 0.2) is 29.2 Å². The molecule has 1 heterocycles. The number of amides is 2. The smallest absolute Gasteiger partial charge is 0.409 e. The van der Waals surface area contributed by atoms with E-state index in [0.29, 0.717) is 12.4 Å². The van der Waals surface area contributed by atoms with E-state index >= 15 is 0 Å². The number of carbonyl (C=O) groups excluding carboxylic acids is 2. The Labute approximate surface area is 214 Å². The molecule has 0 radical (unpaired) electrons. The van der Waals surface area contributed by atoms with E-state index in [-0.39, 0.29) is 37.4 Å². The summed E-state index contributed by atoms with van der Waals surface area (Å²) < 4.78 is 37.1. The first-order valence-corrected chi connectivity index (χ1v) is 14.1. The van der Waals surface area contributed by atoms with E-state index < -0.39 is 33.0 Å². The van der Waals surface area contributed by atoms with Crippen LogP contribution in [0.3, 0.4) is 0 Å². The fourth-order valence-electron chi connectivity index (χ4n) is 4.19. The van der Waals surface area contributed by atoms with Crippen molar-refractivity contribution in [3.05, 3.63) is 24.3 Å². The van der Waals surface area contributed by atoms with Crippen molar-refractivity contribution in [2.24, 2.45) is 5.41 Å². The monoisotopic (exact) mass is 522 g/mol. The molecule has 1 saturated heterocycles. The summed E-state index contributed by atoms with van der Waals surface area (Å²) in [7, 11) is -3.87. The van der Waals surface area contributed by atoms with Gasteiger partial charge >= 0.3 is 6.09 Å². The van der Waals surface area contributed by atoms with Gasteiger partial charge in [-0.3, -0.25) is 10.0 Å². The Bertz CT molecular complexity index is 1000. The lowest BCUT2D eigenvalue weighted by atomic mass is 9.79. The zero-order valence-corrected chi connectivity index (χ0v) is 22.1. The second-order valence-corrected chi connectivity index (χ2v) is 11.0. The number of piperidine rings is 1. The fraction of sp³-hybridized carbons (Fsp3) is 0.615. The summed E-state index contributed by atoms with van der Waals surface area (Å²) in [6, 6.07) is 5.91. The molecular formula is C26H38N2O7S. The molecule has 9 nitrogen and oxygen atoms in total. The van der Waals surface area contributed by atoms with Crippen LogP contribution in [0.2, 0.25) is 0 Å². The van der Waals surface area contributed by atoms with Gasteiger partial charge in [-0.25, -0.2) is 18.7 Å². The molecule has 0 saturated carbocycles. The minimum atomic E-state index is -3.87. The van der Waals surface area contributed by atoms with Crippen LogP contribution in [0.5, 0.6) is 5.75 Å². The van der Waals surface area contributed by atoms with E-state index in [0.717, 1.165) is 19.3 Å². The number of nitrogens with one attached hydrogen (secondary N) is 1. The molecule has 1 fully saturated rings. The number of carbonyl (C=O) groups is 2. The molecule has 2 N–H and O–H groups in total. The van der Waals surface area contributed by atoms with Gasteiger partial charge < -0.3 is 14.4 Å². The van der Waals surface area contributed by atoms with Crippen LogP contribution in [-0.4, -0.2) is 62.6 Å². The number of hydrogen-bond acceptors (Lipinski definition) is 7. The van der Waals surface area contributed by atoms with Gasteiger partial charge in [-0.15, -0.1) is 5.92 Å². The summed E-state index contributed by atoms with van der Waals surface area (Å²) in [6.45, 7) is 4.70. The molecule has 2 amide bonds. The highest BCUT2D eigenvalue weighted by atomic mass is 32.2. The normalized spacial score (nSPS) is 14.9. The molecule has 0 atom stereocenters. The summed E-state index contributed by atoms with van der Waals surface area (Å²) in [5.41, 5.74) is 0.258. The van der Waals surface area contributed by atoms with Crippen LogP contribution < -0.4 is 10.2 Å². The van der Waals surface area contributed by atoms with Gasteiger partial charge in [0.1, 0.15) is 12.4 Å². The van der Waals surface area contributed by atoms with Crippen LogP contribution in [-0.2, 0) is 19.4 Å². The van der Waals surface area contributed by atoms with E-state index in [9.17, 15) is 23.2 Å². The number of rotatable bonds is 13. The number of sulfone groups is 1. The van der Waals surface area contributed by atoms with Gasteiger partial charge in [-0.1, -0.05) is 44.9 Å². The van der Waals surface area contributed by atoms with E-state index in [1.165, 1.54) is 48.4 Å². The van der Waals surface area contributed by atoms with Crippen LogP contribution >= 0.6 is 0 Å². The van der Waals surface area contributed by atoms with Crippen molar-refractivity contribution in [2.75, 3.05) is 32.1 Å². The average Bonchev–Trinajstić information content (AvgIpc) is 2.88. The third-order valence-corrected chi connectivity index (χ3v) is 8.35. The molecular weight excluding hydrogens is 484 g/mol. The molecule has 1 aliphatic heterocycles. The number of nitrogens with zero attached hydrogens (tertiary/aromatic N) is 1. The molecule has 0 spiro atoms. The molecule has 2 rings (SSSR count). The Balaban J connectivity index is 1.95. The van der Waals surface area contributed by atoms with Crippen LogP contribution in [0, 0.1) is 17.3 Å². The maximum Gasteiger partial charge on any atom is 0.409 e. The van der Waals surface area contributed by atoms with Crippen molar-refractivity contribution in [3.63, 3.8) is 0 Å². The van der Waals surface area contributed by atoms with Gasteiger partial charge in [0.15, 0.2) is 9.84 Å². The number of hydrogen-bond donors (Lipinski definition) is 2. The van der Waals surface area contributed by atoms with Gasteiger partial charge in [0.2, 0.25) is 0 Å². The van der Waals surface area contributed by atoms with Gasteiger partial charge in [0, 0.05) is 13.1 Å². The summed E-state index contributed by atoms with van der Waals surface area (Å²) in [6.07, 6.45) is 6.19. The minimum absolute atomic E-state index is 0.0438. The molecule has 1 aliphatic rings. The second-order valence-electron chi connectivity index (χ2n) is 9.04. The van der Waals surface area contributed by atoms with Crippen molar-refractivity contribution < 1.29 is 32.7 Å². The highest BCUT2D eigenvalue weighted by Gasteiger charge is 2.46. The number of hydroxylamine groups is 1. The predicted octanol–water partition coefficient (Wildman–Crippen LogP) is 3.95. The van der Waals surface area contributed by atoms with Crippen molar-refractivity contribution >= 4 is 21.8 Å². The lowest BCUT2D eigenvalue weighted by Gasteiger charge is -2.39. The molecule has 200 valence electrons. The summed E-state index contributed by atoms with van der Waals surface area (Å²) in [4.78, 5) is 26.6. The van der Waals surface area contributed by atoms with E-state index in [4.69, 9.17) is 9.47 Å². The minimum Gasteiger partial charge on any atom is -0.481 e. The Morgan fingerprint density at radius 1 is 1.08 bits per heavy atom. The fourth-order valence-corrected chi connectivity index (χ4v) is 6.05. The van der Waals surface area contributed by atoms with Gasteiger partial charge in [-0.05, 0) is 50.5 Å². The Morgan fingerprint density at radius 3 is 2.33 bits per heavy atom. The first kappa shape index (κ1) is 29.5. The number of likely N-dealkylation sites (tertiary alicyclic amines) is 1. The van der Waals surface area contributed by atoms with E-state index in [1.54, 1.807) is 12.4 Å². The highest BCUT2D eigenvalue weighted by Crippen LogP contribution is 2.35. The van der Waals surface area contributed by atoms with Crippen molar-refractivity contribution in [1.82, 2.24) is 10.4 Å². The van der Waals surface area contributed by atoms with Crippen LogP contribution in [0.1, 0.15) is 65.2 Å². The molecule has 0 aromatic heterocycles. The molecule has 0 unspecified atom stereocenters. The molecule has 1 aromatic rings. The molecule has 10 heteroatoms. The predicted molar refractivity (Wildman–Crippen MR) is 135 cm³/mol. The maximum absolute atomic E-state index is 13.2. The Kier molecular flexibility index (Phi) is 12.0. The maximum atomic E-state index is 13.2. The Morgan fingerprint density at radius 2 is 1.72 bits per heavy atom. The van der Waals surface area contributed by atoms with Crippen molar-refractivity contribution in [3.8, 4) is 17.6 Å². The average molecular weight is 523 g/mol. The van der Waals surface area contributed by atoms with Crippen LogP contribution in [0.25, 0.3) is 0 Å². The topological polar surface area (TPSA) is 122 Å². The standard InChI is InChI=1S/C26H38N2O7S/c1-3-5-7-8-9-10-20-35-25(30)28-17-15-26(16-18-28,24(29)27-31)21-36(32,33)23-13-11-22(12-14-23)34-19-6-4-2/h11-14,31H,3,5,7-10,15-21H2,1-2H3,(H,27,29). The number of benzene rings is 1. The summed E-state index contributed by atoms with van der Waals surface area (Å²) >= 11 is 0. The van der Waals surface area contributed by atoms with Gasteiger partial charge in [0.05, 0.1) is 22.7 Å². The lowest BCUT2D eigenvalue weighted by Crippen LogP contribution is -2.52. The molecule has 0 bridgehead atoms. The first-order chi connectivity index (χ1) is 17.3. The summed E-state index contributed by atoms with van der Waals surface area (Å²) in [5.74, 6) is 4.68. The number of unbranched alkanes of at least 4 members (excludes halogenated alkanes) is 5. The molecule has 1 aromatic carbocycles.